The third-order valence-electron chi connectivity index (χ3n) is 2.73. The molecule has 1 N–H and O–H groups in total. The summed E-state index contributed by atoms with van der Waals surface area (Å²) >= 11 is 0. The molecular formula is C10H13N3O2. The summed E-state index contributed by atoms with van der Waals surface area (Å²) in [5.74, 6) is 0.00858. The summed E-state index contributed by atoms with van der Waals surface area (Å²) in [5.41, 5.74) is 0. The second kappa shape index (κ2) is 4.25. The first-order valence-electron chi connectivity index (χ1n) is 5.01. The Morgan fingerprint density at radius 3 is 2.73 bits per heavy atom. The number of carbonyl (C=O) groups is 1. The Hall–Kier alpha value is -1.65. The van der Waals surface area contributed by atoms with Gasteiger partial charge in [0, 0.05) is 19.3 Å². The summed E-state index contributed by atoms with van der Waals surface area (Å²) < 4.78 is 0. The van der Waals surface area contributed by atoms with Crippen LogP contribution in [-0.4, -0.2) is 34.1 Å². The zero-order valence-electron chi connectivity index (χ0n) is 8.33. The second-order valence-corrected chi connectivity index (χ2v) is 3.67. The third-order valence-corrected chi connectivity index (χ3v) is 2.73. The van der Waals surface area contributed by atoms with Gasteiger partial charge < -0.3 is 10.0 Å². The lowest BCUT2D eigenvalue weighted by molar-refractivity contribution is -0.142. The predicted octanol–water partition coefficient (Wildman–Crippen LogP) is 0.778. The highest BCUT2D eigenvalue weighted by molar-refractivity contribution is 5.70. The van der Waals surface area contributed by atoms with Crippen molar-refractivity contribution >= 4 is 11.8 Å². The molecule has 0 saturated carbocycles. The van der Waals surface area contributed by atoms with Crippen molar-refractivity contribution in [1.82, 2.24) is 9.97 Å². The Bertz CT molecular complexity index is 334. The minimum Gasteiger partial charge on any atom is -0.481 e. The van der Waals surface area contributed by atoms with Crippen LogP contribution in [-0.2, 0) is 4.79 Å². The number of anilines is 1. The predicted molar refractivity (Wildman–Crippen MR) is 54.6 cm³/mol. The van der Waals surface area contributed by atoms with Gasteiger partial charge in [-0.25, -0.2) is 9.97 Å². The molecule has 2 rings (SSSR count). The summed E-state index contributed by atoms with van der Waals surface area (Å²) in [5, 5.41) is 8.85. The molecule has 1 aromatic rings. The van der Waals surface area contributed by atoms with E-state index in [9.17, 15) is 4.79 Å². The second-order valence-electron chi connectivity index (χ2n) is 3.67. The fourth-order valence-corrected chi connectivity index (χ4v) is 1.83. The topological polar surface area (TPSA) is 66.3 Å². The summed E-state index contributed by atoms with van der Waals surface area (Å²) in [6, 6.07) is 1.85. The van der Waals surface area contributed by atoms with Gasteiger partial charge in [-0.3, -0.25) is 4.79 Å². The first-order chi connectivity index (χ1) is 7.27. The molecule has 0 unspecified atom stereocenters. The Morgan fingerprint density at radius 2 is 2.20 bits per heavy atom. The van der Waals surface area contributed by atoms with Gasteiger partial charge in [-0.2, -0.15) is 0 Å². The van der Waals surface area contributed by atoms with Gasteiger partial charge in [0.05, 0.1) is 5.92 Å². The van der Waals surface area contributed by atoms with Gasteiger partial charge in [-0.05, 0) is 18.9 Å². The molecular weight excluding hydrogens is 194 g/mol. The fourth-order valence-electron chi connectivity index (χ4n) is 1.83. The molecule has 5 heteroatoms. The van der Waals surface area contributed by atoms with Crippen LogP contribution in [0.3, 0.4) is 0 Å². The molecule has 1 saturated heterocycles. The van der Waals surface area contributed by atoms with Gasteiger partial charge in [0.25, 0.3) is 0 Å². The summed E-state index contributed by atoms with van der Waals surface area (Å²) in [7, 11) is 0. The van der Waals surface area contributed by atoms with Crippen LogP contribution in [0.5, 0.6) is 0 Å². The smallest absolute Gasteiger partial charge is 0.306 e. The fraction of sp³-hybridized carbons (Fsp3) is 0.500. The highest BCUT2D eigenvalue weighted by atomic mass is 16.4. The van der Waals surface area contributed by atoms with Crippen molar-refractivity contribution in [3.8, 4) is 0 Å². The number of hydrogen-bond acceptors (Lipinski definition) is 4. The van der Waals surface area contributed by atoms with E-state index in [1.54, 1.807) is 6.20 Å². The van der Waals surface area contributed by atoms with Gasteiger partial charge in [0.2, 0.25) is 0 Å². The molecule has 0 aliphatic carbocycles. The van der Waals surface area contributed by atoms with E-state index in [0.717, 1.165) is 18.9 Å². The lowest BCUT2D eigenvalue weighted by Crippen LogP contribution is -2.36. The zero-order chi connectivity index (χ0) is 10.7. The van der Waals surface area contributed by atoms with E-state index in [4.69, 9.17) is 5.11 Å². The van der Waals surface area contributed by atoms with E-state index >= 15 is 0 Å². The van der Waals surface area contributed by atoms with Gasteiger partial charge in [0.1, 0.15) is 12.1 Å². The summed E-state index contributed by atoms with van der Waals surface area (Å²) in [4.78, 5) is 20.8. The molecule has 80 valence electrons. The molecule has 0 radical (unpaired) electrons. The number of nitrogens with zero attached hydrogens (tertiary/aromatic N) is 3. The first kappa shape index (κ1) is 9.89. The van der Waals surface area contributed by atoms with Gasteiger partial charge in [0.15, 0.2) is 0 Å². The van der Waals surface area contributed by atoms with Crippen LogP contribution in [0.2, 0.25) is 0 Å². The highest BCUT2D eigenvalue weighted by Gasteiger charge is 2.24. The van der Waals surface area contributed by atoms with Crippen molar-refractivity contribution in [2.24, 2.45) is 5.92 Å². The molecule has 1 aromatic heterocycles. The Kier molecular flexibility index (Phi) is 2.80. The van der Waals surface area contributed by atoms with Crippen molar-refractivity contribution in [2.75, 3.05) is 18.0 Å². The minimum atomic E-state index is -0.683. The third kappa shape index (κ3) is 2.23. The summed E-state index contributed by atoms with van der Waals surface area (Å²) in [6.07, 6.45) is 4.60. The molecule has 1 fully saturated rings. The maximum absolute atomic E-state index is 10.8. The quantitative estimate of drug-likeness (QED) is 0.776. The van der Waals surface area contributed by atoms with E-state index in [0.29, 0.717) is 12.8 Å². The van der Waals surface area contributed by atoms with Crippen molar-refractivity contribution in [2.45, 2.75) is 12.8 Å². The maximum Gasteiger partial charge on any atom is 0.306 e. The Labute approximate surface area is 87.8 Å². The van der Waals surface area contributed by atoms with Crippen LogP contribution < -0.4 is 4.90 Å². The number of carboxylic acid groups (broad SMARTS) is 1. The lowest BCUT2D eigenvalue weighted by atomic mass is 9.97. The van der Waals surface area contributed by atoms with E-state index < -0.39 is 5.97 Å². The largest absolute Gasteiger partial charge is 0.481 e. The molecule has 1 aliphatic heterocycles. The van der Waals surface area contributed by atoms with Gasteiger partial charge in [-0.15, -0.1) is 0 Å². The van der Waals surface area contributed by atoms with Crippen molar-refractivity contribution < 1.29 is 9.90 Å². The lowest BCUT2D eigenvalue weighted by Gasteiger charge is -2.30. The molecule has 0 bridgehead atoms. The van der Waals surface area contributed by atoms with Gasteiger partial charge in [-0.1, -0.05) is 0 Å². The molecule has 0 amide bonds. The van der Waals surface area contributed by atoms with Crippen LogP contribution in [0, 0.1) is 5.92 Å². The number of rotatable bonds is 2. The molecule has 2 heterocycles. The maximum atomic E-state index is 10.8. The Balaban J connectivity index is 1.97. The first-order valence-corrected chi connectivity index (χ1v) is 5.01. The van der Waals surface area contributed by atoms with Gasteiger partial charge >= 0.3 is 5.97 Å². The van der Waals surface area contributed by atoms with Crippen LogP contribution in [0.15, 0.2) is 18.6 Å². The SMILES string of the molecule is O=C(O)C1CCN(c2ccncn2)CC1. The van der Waals surface area contributed by atoms with E-state index in [1.807, 2.05) is 6.07 Å². The van der Waals surface area contributed by atoms with Crippen LogP contribution >= 0.6 is 0 Å². The minimum absolute atomic E-state index is 0.192. The van der Waals surface area contributed by atoms with Crippen molar-refractivity contribution in [3.05, 3.63) is 18.6 Å². The molecule has 0 aromatic carbocycles. The van der Waals surface area contributed by atoms with Crippen LogP contribution in [0.1, 0.15) is 12.8 Å². The molecule has 15 heavy (non-hydrogen) atoms. The van der Waals surface area contributed by atoms with Crippen molar-refractivity contribution in [3.63, 3.8) is 0 Å². The highest BCUT2D eigenvalue weighted by Crippen LogP contribution is 2.20. The van der Waals surface area contributed by atoms with Crippen LogP contribution in [0.25, 0.3) is 0 Å². The van der Waals surface area contributed by atoms with E-state index in [1.165, 1.54) is 6.33 Å². The normalized spacial score (nSPS) is 17.7. The molecule has 0 atom stereocenters. The zero-order valence-corrected chi connectivity index (χ0v) is 8.33. The van der Waals surface area contributed by atoms with Crippen LogP contribution in [0.4, 0.5) is 5.82 Å². The average molecular weight is 207 g/mol. The number of carboxylic acids is 1. The van der Waals surface area contributed by atoms with E-state index in [-0.39, 0.29) is 5.92 Å². The number of aliphatic carboxylic acids is 1. The molecule has 0 spiro atoms. The Morgan fingerprint density at radius 1 is 1.47 bits per heavy atom. The average Bonchev–Trinajstić information content (AvgIpc) is 2.30. The molecule has 1 aliphatic rings. The number of hydrogen-bond donors (Lipinski definition) is 1. The number of aromatic nitrogens is 2. The standard InChI is InChI=1S/C10H13N3O2/c14-10(15)8-2-5-13(6-3-8)9-1-4-11-7-12-9/h1,4,7-8H,2-3,5-6H2,(H,14,15). The summed E-state index contributed by atoms with van der Waals surface area (Å²) in [6.45, 7) is 1.52. The molecule has 5 nitrogen and oxygen atoms in total. The number of piperidine rings is 1. The monoisotopic (exact) mass is 207 g/mol. The van der Waals surface area contributed by atoms with Crippen molar-refractivity contribution in [1.29, 1.82) is 0 Å². The van der Waals surface area contributed by atoms with E-state index in [2.05, 4.69) is 14.9 Å².